The van der Waals surface area contributed by atoms with Crippen molar-refractivity contribution in [2.75, 3.05) is 18.2 Å². The summed E-state index contributed by atoms with van der Waals surface area (Å²) in [6, 6.07) is 12.8. The Morgan fingerprint density at radius 3 is 2.88 bits per heavy atom. The zero-order valence-electron chi connectivity index (χ0n) is 14.4. The molecule has 2 aromatic carbocycles. The first kappa shape index (κ1) is 16.4. The molecule has 0 radical (unpaired) electrons. The molecule has 0 aromatic heterocycles. The summed E-state index contributed by atoms with van der Waals surface area (Å²) < 4.78 is 16.0. The third-order valence-electron chi connectivity index (χ3n) is 4.65. The monoisotopic (exact) mass is 353 g/mol. The molecule has 0 bridgehead atoms. The smallest absolute Gasteiger partial charge is 0.316 e. The van der Waals surface area contributed by atoms with Crippen molar-refractivity contribution in [3.05, 3.63) is 48.0 Å². The summed E-state index contributed by atoms with van der Waals surface area (Å²) in [5, 5.41) is 0. The third-order valence-corrected chi connectivity index (χ3v) is 4.65. The van der Waals surface area contributed by atoms with Gasteiger partial charge in [-0.05, 0) is 36.2 Å². The van der Waals surface area contributed by atoms with Gasteiger partial charge in [-0.3, -0.25) is 9.59 Å². The van der Waals surface area contributed by atoms with Gasteiger partial charge in [0, 0.05) is 24.7 Å². The highest BCUT2D eigenvalue weighted by molar-refractivity contribution is 5.99. The largest absolute Gasteiger partial charge is 0.454 e. The molecule has 2 aliphatic rings. The Labute approximate surface area is 151 Å². The van der Waals surface area contributed by atoms with Gasteiger partial charge in [0.15, 0.2) is 11.5 Å². The molecule has 4 rings (SSSR count). The van der Waals surface area contributed by atoms with E-state index in [1.54, 1.807) is 23.1 Å². The highest BCUT2D eigenvalue weighted by Gasteiger charge is 2.36. The summed E-state index contributed by atoms with van der Waals surface area (Å²) in [7, 11) is 0. The topological polar surface area (TPSA) is 65.1 Å². The number of rotatable bonds is 4. The molecule has 2 aromatic rings. The Morgan fingerprint density at radius 1 is 1.19 bits per heavy atom. The Bertz CT molecular complexity index is 863. The van der Waals surface area contributed by atoms with Crippen molar-refractivity contribution in [1.82, 2.24) is 0 Å². The van der Waals surface area contributed by atoms with Gasteiger partial charge in [0.2, 0.25) is 12.7 Å². The molecule has 2 aliphatic heterocycles. The number of ether oxygens (including phenoxy) is 3. The number of benzene rings is 2. The molecule has 0 spiro atoms. The molecule has 134 valence electrons. The lowest BCUT2D eigenvalue weighted by atomic mass is 10.1. The fourth-order valence-corrected chi connectivity index (χ4v) is 3.20. The summed E-state index contributed by atoms with van der Waals surface area (Å²) in [6.07, 6.45) is 1.05. The van der Waals surface area contributed by atoms with Crippen LogP contribution in [-0.4, -0.2) is 25.2 Å². The average molecular weight is 353 g/mol. The SMILES string of the molecule is CCc1cccc(N2CC(C(=O)Oc3ccc4c(c3)OCO4)CC2=O)c1. The first-order chi connectivity index (χ1) is 12.6. The summed E-state index contributed by atoms with van der Waals surface area (Å²) in [6.45, 7) is 2.56. The van der Waals surface area contributed by atoms with E-state index in [0.29, 0.717) is 23.8 Å². The molecule has 0 saturated carbocycles. The van der Waals surface area contributed by atoms with E-state index in [-0.39, 0.29) is 19.1 Å². The van der Waals surface area contributed by atoms with Crippen LogP contribution in [0.2, 0.25) is 0 Å². The average Bonchev–Trinajstić information content (AvgIpc) is 3.27. The normalized spacial score (nSPS) is 18.3. The van der Waals surface area contributed by atoms with Crippen LogP contribution in [0.1, 0.15) is 18.9 Å². The molecular weight excluding hydrogens is 334 g/mol. The quantitative estimate of drug-likeness (QED) is 0.625. The van der Waals surface area contributed by atoms with Crippen molar-refractivity contribution in [1.29, 1.82) is 0 Å². The van der Waals surface area contributed by atoms with Crippen LogP contribution in [-0.2, 0) is 16.0 Å². The molecule has 1 atom stereocenters. The van der Waals surface area contributed by atoms with Crippen molar-refractivity contribution in [3.63, 3.8) is 0 Å². The van der Waals surface area contributed by atoms with Crippen molar-refractivity contribution < 1.29 is 23.8 Å². The Hall–Kier alpha value is -3.02. The van der Waals surface area contributed by atoms with Gasteiger partial charge in [-0.1, -0.05) is 19.1 Å². The van der Waals surface area contributed by atoms with Crippen molar-refractivity contribution in [3.8, 4) is 17.2 Å². The molecule has 1 saturated heterocycles. The molecule has 6 nitrogen and oxygen atoms in total. The number of amides is 1. The van der Waals surface area contributed by atoms with Crippen LogP contribution in [0.4, 0.5) is 5.69 Å². The second kappa shape index (κ2) is 6.71. The predicted octanol–water partition coefficient (Wildman–Crippen LogP) is 2.94. The maximum atomic E-state index is 12.5. The van der Waals surface area contributed by atoms with E-state index in [1.807, 2.05) is 24.3 Å². The van der Waals surface area contributed by atoms with E-state index < -0.39 is 11.9 Å². The van der Waals surface area contributed by atoms with Gasteiger partial charge in [0.25, 0.3) is 0 Å². The molecule has 6 heteroatoms. The van der Waals surface area contributed by atoms with Crippen molar-refractivity contribution in [2.45, 2.75) is 19.8 Å². The fraction of sp³-hybridized carbons (Fsp3) is 0.300. The molecule has 2 heterocycles. The Balaban J connectivity index is 1.45. The van der Waals surface area contributed by atoms with E-state index in [1.165, 1.54) is 0 Å². The Kier molecular flexibility index (Phi) is 4.24. The van der Waals surface area contributed by atoms with E-state index in [0.717, 1.165) is 17.7 Å². The maximum absolute atomic E-state index is 12.5. The summed E-state index contributed by atoms with van der Waals surface area (Å²) in [5.74, 6) is 0.604. The summed E-state index contributed by atoms with van der Waals surface area (Å²) in [4.78, 5) is 26.5. The zero-order chi connectivity index (χ0) is 18.1. The lowest BCUT2D eigenvalue weighted by Gasteiger charge is -2.17. The first-order valence-electron chi connectivity index (χ1n) is 8.64. The molecule has 0 N–H and O–H groups in total. The number of nitrogens with zero attached hydrogens (tertiary/aromatic N) is 1. The van der Waals surface area contributed by atoms with Crippen LogP contribution in [0.3, 0.4) is 0 Å². The van der Waals surface area contributed by atoms with Crippen molar-refractivity contribution in [2.24, 2.45) is 5.92 Å². The number of carbonyl (C=O) groups is 2. The highest BCUT2D eigenvalue weighted by atomic mass is 16.7. The number of carbonyl (C=O) groups excluding carboxylic acids is 2. The predicted molar refractivity (Wildman–Crippen MR) is 94.5 cm³/mol. The molecule has 1 unspecified atom stereocenters. The fourth-order valence-electron chi connectivity index (χ4n) is 3.20. The lowest BCUT2D eigenvalue weighted by molar-refractivity contribution is -0.139. The first-order valence-corrected chi connectivity index (χ1v) is 8.64. The van der Waals surface area contributed by atoms with Crippen LogP contribution < -0.4 is 19.1 Å². The van der Waals surface area contributed by atoms with Gasteiger partial charge in [0.1, 0.15) is 5.75 Å². The molecular formula is C20H19NO5. The van der Waals surface area contributed by atoms with E-state index in [4.69, 9.17) is 14.2 Å². The highest BCUT2D eigenvalue weighted by Crippen LogP contribution is 2.35. The summed E-state index contributed by atoms with van der Waals surface area (Å²) in [5.41, 5.74) is 1.98. The van der Waals surface area contributed by atoms with Crippen LogP contribution in [0.5, 0.6) is 17.2 Å². The van der Waals surface area contributed by atoms with Crippen LogP contribution >= 0.6 is 0 Å². The van der Waals surface area contributed by atoms with Gasteiger partial charge in [-0.25, -0.2) is 0 Å². The number of fused-ring (bicyclic) bond motifs is 1. The van der Waals surface area contributed by atoms with Gasteiger partial charge >= 0.3 is 5.97 Å². The number of hydrogen-bond acceptors (Lipinski definition) is 5. The molecule has 0 aliphatic carbocycles. The number of anilines is 1. The van der Waals surface area contributed by atoms with Gasteiger partial charge in [-0.15, -0.1) is 0 Å². The minimum absolute atomic E-state index is 0.0640. The molecule has 1 amide bonds. The minimum atomic E-state index is -0.488. The van der Waals surface area contributed by atoms with Gasteiger partial charge in [0.05, 0.1) is 5.92 Å². The zero-order valence-corrected chi connectivity index (χ0v) is 14.4. The Morgan fingerprint density at radius 2 is 2.04 bits per heavy atom. The van der Waals surface area contributed by atoms with Crippen LogP contribution in [0, 0.1) is 5.92 Å². The van der Waals surface area contributed by atoms with E-state index in [9.17, 15) is 9.59 Å². The van der Waals surface area contributed by atoms with Gasteiger partial charge < -0.3 is 19.1 Å². The second-order valence-corrected chi connectivity index (χ2v) is 6.37. The van der Waals surface area contributed by atoms with E-state index in [2.05, 4.69) is 6.92 Å². The number of esters is 1. The van der Waals surface area contributed by atoms with E-state index >= 15 is 0 Å². The number of hydrogen-bond donors (Lipinski definition) is 0. The van der Waals surface area contributed by atoms with Crippen LogP contribution in [0.15, 0.2) is 42.5 Å². The summed E-state index contributed by atoms with van der Waals surface area (Å²) >= 11 is 0. The minimum Gasteiger partial charge on any atom is -0.454 e. The lowest BCUT2D eigenvalue weighted by Crippen LogP contribution is -2.27. The molecule has 26 heavy (non-hydrogen) atoms. The van der Waals surface area contributed by atoms with Crippen molar-refractivity contribution >= 4 is 17.6 Å². The third kappa shape index (κ3) is 3.10. The van der Waals surface area contributed by atoms with Gasteiger partial charge in [-0.2, -0.15) is 0 Å². The second-order valence-electron chi connectivity index (χ2n) is 6.37. The maximum Gasteiger partial charge on any atom is 0.316 e. The number of aryl methyl sites for hydroxylation is 1. The van der Waals surface area contributed by atoms with Crippen LogP contribution in [0.25, 0.3) is 0 Å². The standard InChI is InChI=1S/C20H19NO5/c1-2-13-4-3-5-15(8-13)21-11-14(9-19(21)22)20(23)26-16-6-7-17-18(10-16)25-12-24-17/h3-8,10,14H,2,9,11-12H2,1H3. The molecule has 1 fully saturated rings.